The molecule has 0 spiro atoms. The SMILES string of the molecule is CCCN(CC)CCNC(C)C1CCCO1. The minimum absolute atomic E-state index is 0.446. The summed E-state index contributed by atoms with van der Waals surface area (Å²) >= 11 is 0. The Balaban J connectivity index is 2.08. The smallest absolute Gasteiger partial charge is 0.0726 e. The van der Waals surface area contributed by atoms with E-state index in [0.29, 0.717) is 12.1 Å². The monoisotopic (exact) mass is 228 g/mol. The van der Waals surface area contributed by atoms with Crippen molar-refractivity contribution in [3.63, 3.8) is 0 Å². The molecule has 0 aliphatic carbocycles. The van der Waals surface area contributed by atoms with Crippen LogP contribution in [0.25, 0.3) is 0 Å². The first-order chi connectivity index (χ1) is 7.77. The molecule has 0 radical (unpaired) electrons. The third-order valence-corrected chi connectivity index (χ3v) is 3.40. The fourth-order valence-corrected chi connectivity index (χ4v) is 2.32. The van der Waals surface area contributed by atoms with Crippen LogP contribution >= 0.6 is 0 Å². The minimum atomic E-state index is 0.446. The van der Waals surface area contributed by atoms with Gasteiger partial charge in [0.05, 0.1) is 6.10 Å². The summed E-state index contributed by atoms with van der Waals surface area (Å²) in [4.78, 5) is 2.50. The highest BCUT2D eigenvalue weighted by Gasteiger charge is 2.21. The summed E-state index contributed by atoms with van der Waals surface area (Å²) in [6.07, 6.45) is 4.14. The van der Waals surface area contributed by atoms with Crippen LogP contribution in [0.15, 0.2) is 0 Å². The molecule has 1 saturated heterocycles. The predicted octanol–water partition coefficient (Wildman–Crippen LogP) is 1.88. The Kier molecular flexibility index (Phi) is 7.01. The molecule has 16 heavy (non-hydrogen) atoms. The minimum Gasteiger partial charge on any atom is -0.377 e. The summed E-state index contributed by atoms with van der Waals surface area (Å²) in [5.41, 5.74) is 0. The van der Waals surface area contributed by atoms with E-state index in [1.165, 1.54) is 25.8 Å². The average molecular weight is 228 g/mol. The first-order valence-electron chi connectivity index (χ1n) is 6.85. The van der Waals surface area contributed by atoms with Crippen LogP contribution in [-0.2, 0) is 4.74 Å². The Morgan fingerprint density at radius 1 is 1.38 bits per heavy atom. The molecular formula is C13H28N2O. The fourth-order valence-electron chi connectivity index (χ4n) is 2.32. The number of ether oxygens (including phenoxy) is 1. The molecule has 0 amide bonds. The van der Waals surface area contributed by atoms with Crippen molar-refractivity contribution < 1.29 is 4.74 Å². The fraction of sp³-hybridized carbons (Fsp3) is 1.00. The lowest BCUT2D eigenvalue weighted by atomic mass is 10.1. The molecule has 1 N–H and O–H groups in total. The van der Waals surface area contributed by atoms with Crippen LogP contribution in [0.5, 0.6) is 0 Å². The second kappa shape index (κ2) is 8.04. The van der Waals surface area contributed by atoms with E-state index in [1.54, 1.807) is 0 Å². The van der Waals surface area contributed by atoms with Gasteiger partial charge < -0.3 is 15.0 Å². The molecule has 2 atom stereocenters. The third kappa shape index (κ3) is 4.81. The summed E-state index contributed by atoms with van der Waals surface area (Å²) in [6, 6.07) is 0.503. The number of nitrogens with zero attached hydrogens (tertiary/aromatic N) is 1. The van der Waals surface area contributed by atoms with Crippen molar-refractivity contribution in [3.05, 3.63) is 0 Å². The van der Waals surface area contributed by atoms with Crippen LogP contribution in [0.4, 0.5) is 0 Å². The molecule has 0 bridgehead atoms. The van der Waals surface area contributed by atoms with E-state index in [0.717, 1.165) is 26.2 Å². The van der Waals surface area contributed by atoms with Crippen molar-refractivity contribution in [3.8, 4) is 0 Å². The Morgan fingerprint density at radius 2 is 2.19 bits per heavy atom. The van der Waals surface area contributed by atoms with Gasteiger partial charge in [-0.15, -0.1) is 0 Å². The highest BCUT2D eigenvalue weighted by Crippen LogP contribution is 2.15. The van der Waals surface area contributed by atoms with Crippen molar-refractivity contribution in [2.24, 2.45) is 0 Å². The van der Waals surface area contributed by atoms with E-state index < -0.39 is 0 Å². The van der Waals surface area contributed by atoms with E-state index in [1.807, 2.05) is 0 Å². The molecule has 1 heterocycles. The number of likely N-dealkylation sites (N-methyl/N-ethyl adjacent to an activating group) is 1. The zero-order valence-corrected chi connectivity index (χ0v) is 11.2. The maximum absolute atomic E-state index is 5.67. The van der Waals surface area contributed by atoms with Crippen LogP contribution in [0.2, 0.25) is 0 Å². The van der Waals surface area contributed by atoms with Gasteiger partial charge in [0.25, 0.3) is 0 Å². The topological polar surface area (TPSA) is 24.5 Å². The molecule has 0 saturated carbocycles. The summed E-state index contributed by atoms with van der Waals surface area (Å²) in [5.74, 6) is 0. The third-order valence-electron chi connectivity index (χ3n) is 3.40. The molecule has 1 fully saturated rings. The van der Waals surface area contributed by atoms with Gasteiger partial charge in [-0.3, -0.25) is 0 Å². The van der Waals surface area contributed by atoms with Crippen molar-refractivity contribution in [2.75, 3.05) is 32.8 Å². The standard InChI is InChI=1S/C13H28N2O/c1-4-9-15(5-2)10-8-14-12(3)13-7-6-11-16-13/h12-14H,4-11H2,1-3H3. The van der Waals surface area contributed by atoms with Crippen molar-refractivity contribution in [2.45, 2.75) is 52.2 Å². The first-order valence-corrected chi connectivity index (χ1v) is 6.85. The summed E-state index contributed by atoms with van der Waals surface area (Å²) < 4.78 is 5.67. The summed E-state index contributed by atoms with van der Waals surface area (Å²) in [6.45, 7) is 12.3. The van der Waals surface area contributed by atoms with Gasteiger partial charge in [-0.25, -0.2) is 0 Å². The van der Waals surface area contributed by atoms with E-state index in [2.05, 4.69) is 31.0 Å². The zero-order valence-electron chi connectivity index (χ0n) is 11.2. The van der Waals surface area contributed by atoms with Gasteiger partial charge >= 0.3 is 0 Å². The summed E-state index contributed by atoms with van der Waals surface area (Å²) in [5, 5.41) is 3.58. The quantitative estimate of drug-likeness (QED) is 0.686. The van der Waals surface area contributed by atoms with Gasteiger partial charge in [0, 0.05) is 25.7 Å². The largest absolute Gasteiger partial charge is 0.377 e. The van der Waals surface area contributed by atoms with Gasteiger partial charge in [0.2, 0.25) is 0 Å². The second-order valence-corrected chi connectivity index (χ2v) is 4.73. The van der Waals surface area contributed by atoms with Gasteiger partial charge in [0.1, 0.15) is 0 Å². The predicted molar refractivity (Wildman–Crippen MR) is 68.8 cm³/mol. The van der Waals surface area contributed by atoms with Gasteiger partial charge in [-0.2, -0.15) is 0 Å². The normalized spacial score (nSPS) is 22.9. The zero-order chi connectivity index (χ0) is 11.8. The molecule has 0 aromatic carbocycles. The van der Waals surface area contributed by atoms with Crippen molar-refractivity contribution in [1.29, 1.82) is 0 Å². The van der Waals surface area contributed by atoms with E-state index in [9.17, 15) is 0 Å². The first kappa shape index (κ1) is 13.9. The van der Waals surface area contributed by atoms with Crippen molar-refractivity contribution >= 4 is 0 Å². The van der Waals surface area contributed by atoms with E-state index >= 15 is 0 Å². The lowest BCUT2D eigenvalue weighted by Gasteiger charge is -2.23. The molecule has 3 heteroatoms. The second-order valence-electron chi connectivity index (χ2n) is 4.73. The maximum atomic E-state index is 5.67. The number of hydrogen-bond acceptors (Lipinski definition) is 3. The maximum Gasteiger partial charge on any atom is 0.0726 e. The van der Waals surface area contributed by atoms with Gasteiger partial charge in [-0.1, -0.05) is 13.8 Å². The molecule has 2 unspecified atom stereocenters. The van der Waals surface area contributed by atoms with E-state index in [-0.39, 0.29) is 0 Å². The molecule has 1 rings (SSSR count). The molecule has 96 valence electrons. The highest BCUT2D eigenvalue weighted by atomic mass is 16.5. The van der Waals surface area contributed by atoms with Gasteiger partial charge in [-0.05, 0) is 39.3 Å². The average Bonchev–Trinajstić information content (AvgIpc) is 2.81. The molecule has 0 aromatic rings. The Hall–Kier alpha value is -0.120. The molecule has 0 aromatic heterocycles. The lowest BCUT2D eigenvalue weighted by molar-refractivity contribution is 0.0827. The molecule has 1 aliphatic heterocycles. The molecular weight excluding hydrogens is 200 g/mol. The van der Waals surface area contributed by atoms with Crippen LogP contribution in [0.3, 0.4) is 0 Å². The number of hydrogen-bond donors (Lipinski definition) is 1. The Bertz CT molecular complexity index is 169. The van der Waals surface area contributed by atoms with E-state index in [4.69, 9.17) is 4.74 Å². The Morgan fingerprint density at radius 3 is 2.75 bits per heavy atom. The molecule has 1 aliphatic rings. The van der Waals surface area contributed by atoms with Crippen LogP contribution in [0.1, 0.15) is 40.0 Å². The van der Waals surface area contributed by atoms with Gasteiger partial charge in [0.15, 0.2) is 0 Å². The van der Waals surface area contributed by atoms with Crippen LogP contribution < -0.4 is 5.32 Å². The van der Waals surface area contributed by atoms with Crippen molar-refractivity contribution in [1.82, 2.24) is 10.2 Å². The van der Waals surface area contributed by atoms with Crippen LogP contribution in [-0.4, -0.2) is 49.8 Å². The van der Waals surface area contributed by atoms with Crippen LogP contribution in [0, 0.1) is 0 Å². The number of nitrogens with one attached hydrogen (secondary N) is 1. The highest BCUT2D eigenvalue weighted by molar-refractivity contribution is 4.76. The number of rotatable bonds is 8. The molecule has 3 nitrogen and oxygen atoms in total. The lowest BCUT2D eigenvalue weighted by Crippen LogP contribution is -2.41. The Labute approximate surface area is 101 Å². The summed E-state index contributed by atoms with van der Waals surface area (Å²) in [7, 11) is 0.